The minimum atomic E-state index is -4.39. The molecule has 564 valence electrons. The van der Waals surface area contributed by atoms with Crippen LogP contribution in [0.4, 0.5) is 0 Å². The standard InChI is InChI=1S/C85H166NO8P/c1-3-5-7-9-11-13-15-17-19-21-23-25-27-29-31-33-35-37-39-40-41-42-44-46-48-50-52-54-56-58-60-62-64-66-68-70-72-74-76-78-85(88)94-83(82-93-95(89,90)92-80-79-86)81-91-84(87)77-75-73-71-69-67-65-63-61-59-57-55-53-51-49-47-45-43-38-36-34-32-30-28-26-24-22-20-18-16-14-12-10-8-6-4-2/h21-24,83H,3-20,25-82,86H2,1-2H3,(H,89,90)/b23-21-,24-22-. The molecule has 3 N–H and O–H groups in total. The molecule has 0 aromatic carbocycles. The third-order valence-corrected chi connectivity index (χ3v) is 20.8. The summed E-state index contributed by atoms with van der Waals surface area (Å²) in [7, 11) is -4.39. The molecule has 0 fully saturated rings. The Labute approximate surface area is 592 Å². The van der Waals surface area contributed by atoms with Crippen LogP contribution < -0.4 is 5.73 Å². The second-order valence-corrected chi connectivity index (χ2v) is 30.9. The summed E-state index contributed by atoms with van der Waals surface area (Å²) in [5.41, 5.74) is 5.42. The highest BCUT2D eigenvalue weighted by Crippen LogP contribution is 2.43. The SMILES string of the molecule is CCCCCCCCCC/C=C\CCCCCCCCCCCCCCCCCCCCCCCCCCCCCC(=O)OC(COC(=O)CCCCCCCCCCCCCCCCCCCCCCCCC/C=C\CCCCCCCCCC)COP(=O)(O)OCCN. The molecule has 0 heterocycles. The van der Waals surface area contributed by atoms with Crippen molar-refractivity contribution in [3.05, 3.63) is 24.3 Å². The summed E-state index contributed by atoms with van der Waals surface area (Å²) in [4.78, 5) is 35.5. The van der Waals surface area contributed by atoms with Crippen LogP contribution >= 0.6 is 7.82 Å². The highest BCUT2D eigenvalue weighted by atomic mass is 31.2. The topological polar surface area (TPSA) is 134 Å². The van der Waals surface area contributed by atoms with Crippen molar-refractivity contribution < 1.29 is 37.6 Å². The Morgan fingerprint density at radius 3 is 0.747 bits per heavy atom. The molecule has 0 saturated carbocycles. The van der Waals surface area contributed by atoms with E-state index in [0.29, 0.717) is 6.42 Å². The molecule has 0 aliphatic heterocycles. The molecule has 95 heavy (non-hydrogen) atoms. The van der Waals surface area contributed by atoms with E-state index in [1.165, 1.54) is 411 Å². The van der Waals surface area contributed by atoms with Crippen LogP contribution in [0.3, 0.4) is 0 Å². The predicted octanol–water partition coefficient (Wildman–Crippen LogP) is 28.8. The van der Waals surface area contributed by atoms with Crippen LogP contribution in [-0.4, -0.2) is 49.3 Å². The fourth-order valence-corrected chi connectivity index (χ4v) is 14.2. The van der Waals surface area contributed by atoms with Gasteiger partial charge in [-0.15, -0.1) is 0 Å². The van der Waals surface area contributed by atoms with E-state index in [4.69, 9.17) is 24.3 Å². The van der Waals surface area contributed by atoms with Crippen LogP contribution in [0.25, 0.3) is 0 Å². The number of phosphoric ester groups is 1. The number of nitrogens with two attached hydrogens (primary N) is 1. The molecule has 2 atom stereocenters. The zero-order valence-electron chi connectivity index (χ0n) is 64.0. The normalized spacial score (nSPS) is 12.8. The summed E-state index contributed by atoms with van der Waals surface area (Å²) in [6, 6.07) is 0. The third kappa shape index (κ3) is 81.3. The van der Waals surface area contributed by atoms with Crippen molar-refractivity contribution in [2.24, 2.45) is 5.73 Å². The number of esters is 2. The second-order valence-electron chi connectivity index (χ2n) is 29.4. The first-order valence-corrected chi connectivity index (χ1v) is 44.3. The minimum Gasteiger partial charge on any atom is -0.462 e. The number of hydrogen-bond donors (Lipinski definition) is 2. The number of rotatable bonds is 83. The highest BCUT2D eigenvalue weighted by molar-refractivity contribution is 7.47. The molecule has 0 saturated heterocycles. The maximum Gasteiger partial charge on any atom is 0.472 e. The van der Waals surface area contributed by atoms with Crippen molar-refractivity contribution in [2.75, 3.05) is 26.4 Å². The number of unbranched alkanes of at least 4 members (excludes halogenated alkanes) is 66. The van der Waals surface area contributed by atoms with Gasteiger partial charge in [0.25, 0.3) is 0 Å². The average Bonchev–Trinajstić information content (AvgIpc) is 3.16. The number of phosphoric acid groups is 1. The maximum absolute atomic E-state index is 12.8. The Morgan fingerprint density at radius 2 is 0.516 bits per heavy atom. The van der Waals surface area contributed by atoms with Crippen LogP contribution in [0, 0.1) is 0 Å². The van der Waals surface area contributed by atoms with Gasteiger partial charge >= 0.3 is 19.8 Å². The van der Waals surface area contributed by atoms with E-state index in [0.717, 1.165) is 32.1 Å². The summed E-state index contributed by atoms with van der Waals surface area (Å²) in [5, 5.41) is 0. The van der Waals surface area contributed by atoms with E-state index in [1.54, 1.807) is 0 Å². The second kappa shape index (κ2) is 81.5. The highest BCUT2D eigenvalue weighted by Gasteiger charge is 2.26. The van der Waals surface area contributed by atoms with E-state index < -0.39 is 26.5 Å². The fraction of sp³-hybridized carbons (Fsp3) is 0.929. The van der Waals surface area contributed by atoms with Gasteiger partial charge in [0, 0.05) is 19.4 Å². The van der Waals surface area contributed by atoms with Gasteiger partial charge in [-0.2, -0.15) is 0 Å². The number of carbonyl (C=O) groups excluding carboxylic acids is 2. The molecule has 0 radical (unpaired) electrons. The van der Waals surface area contributed by atoms with Crippen LogP contribution in [0.15, 0.2) is 24.3 Å². The van der Waals surface area contributed by atoms with Gasteiger partial charge in [-0.3, -0.25) is 18.6 Å². The van der Waals surface area contributed by atoms with Gasteiger partial charge in [-0.1, -0.05) is 423 Å². The van der Waals surface area contributed by atoms with Crippen LogP contribution in [0.2, 0.25) is 0 Å². The number of allylic oxidation sites excluding steroid dienone is 4. The summed E-state index contributed by atoms with van der Waals surface area (Å²) < 4.78 is 33.3. The van der Waals surface area contributed by atoms with Crippen molar-refractivity contribution in [3.63, 3.8) is 0 Å². The van der Waals surface area contributed by atoms with Crippen LogP contribution in [0.5, 0.6) is 0 Å². The van der Waals surface area contributed by atoms with Gasteiger partial charge in [0.05, 0.1) is 13.2 Å². The zero-order chi connectivity index (χ0) is 68.6. The molecule has 0 spiro atoms. The summed E-state index contributed by atoms with van der Waals surface area (Å²) in [6.07, 6.45) is 104. The molecule has 10 heteroatoms. The minimum absolute atomic E-state index is 0.0576. The van der Waals surface area contributed by atoms with E-state index in [2.05, 4.69) is 38.2 Å². The largest absolute Gasteiger partial charge is 0.472 e. The number of ether oxygens (including phenoxy) is 2. The number of hydrogen-bond acceptors (Lipinski definition) is 8. The first-order valence-electron chi connectivity index (χ1n) is 42.8. The van der Waals surface area contributed by atoms with Gasteiger partial charge in [-0.05, 0) is 64.2 Å². The predicted molar refractivity (Wildman–Crippen MR) is 414 cm³/mol. The lowest BCUT2D eigenvalue weighted by atomic mass is 10.0. The Hall–Kier alpha value is -1.51. The molecular weight excluding hydrogens is 1190 g/mol. The molecule has 0 aliphatic rings. The fourth-order valence-electron chi connectivity index (χ4n) is 13.5. The number of carbonyl (C=O) groups is 2. The van der Waals surface area contributed by atoms with Crippen molar-refractivity contribution in [2.45, 2.75) is 482 Å². The van der Waals surface area contributed by atoms with E-state index >= 15 is 0 Å². The van der Waals surface area contributed by atoms with Crippen LogP contribution in [-0.2, 0) is 32.7 Å². The quantitative estimate of drug-likeness (QED) is 0.0264. The van der Waals surface area contributed by atoms with E-state index in [1.807, 2.05) is 0 Å². The molecule has 0 aliphatic carbocycles. The Balaban J connectivity index is 3.71. The Bertz CT molecular complexity index is 1610. The van der Waals surface area contributed by atoms with Gasteiger partial charge in [0.15, 0.2) is 6.10 Å². The van der Waals surface area contributed by atoms with Gasteiger partial charge in [0.1, 0.15) is 6.61 Å². The first-order chi connectivity index (χ1) is 46.8. The van der Waals surface area contributed by atoms with E-state index in [9.17, 15) is 19.0 Å². The summed E-state index contributed by atoms with van der Waals surface area (Å²) in [6.45, 7) is 3.84. The molecule has 0 bridgehead atoms. The molecule has 2 unspecified atom stereocenters. The maximum atomic E-state index is 12.8. The average molecular weight is 1360 g/mol. The molecule has 0 aromatic heterocycles. The zero-order valence-corrected chi connectivity index (χ0v) is 64.9. The van der Waals surface area contributed by atoms with Gasteiger partial charge in [-0.25, -0.2) is 4.57 Å². The summed E-state index contributed by atoms with van der Waals surface area (Å²) >= 11 is 0. The Kier molecular flexibility index (Phi) is 80.2. The molecule has 0 aromatic rings. The lowest BCUT2D eigenvalue weighted by Crippen LogP contribution is -2.29. The molecular formula is C85H166NO8P. The lowest BCUT2D eigenvalue weighted by molar-refractivity contribution is -0.161. The Morgan fingerprint density at radius 1 is 0.305 bits per heavy atom. The van der Waals surface area contributed by atoms with Crippen molar-refractivity contribution in [1.82, 2.24) is 0 Å². The summed E-state index contributed by atoms with van der Waals surface area (Å²) in [5.74, 6) is -0.796. The van der Waals surface area contributed by atoms with Crippen LogP contribution in [0.1, 0.15) is 476 Å². The lowest BCUT2D eigenvalue weighted by Gasteiger charge is -2.19. The van der Waals surface area contributed by atoms with Gasteiger partial charge in [0.2, 0.25) is 0 Å². The first kappa shape index (κ1) is 93.5. The van der Waals surface area contributed by atoms with Crippen molar-refractivity contribution in [3.8, 4) is 0 Å². The molecule has 0 amide bonds. The van der Waals surface area contributed by atoms with E-state index in [-0.39, 0.29) is 38.6 Å². The third-order valence-electron chi connectivity index (χ3n) is 19.8. The van der Waals surface area contributed by atoms with Gasteiger partial charge < -0.3 is 20.1 Å². The van der Waals surface area contributed by atoms with Crippen molar-refractivity contribution in [1.29, 1.82) is 0 Å². The van der Waals surface area contributed by atoms with Crippen molar-refractivity contribution >= 4 is 19.8 Å². The molecule has 0 rings (SSSR count). The smallest absolute Gasteiger partial charge is 0.462 e. The monoisotopic (exact) mass is 1360 g/mol. The molecule has 9 nitrogen and oxygen atoms in total.